The van der Waals surface area contributed by atoms with E-state index in [1.54, 1.807) is 0 Å². The van der Waals surface area contributed by atoms with Gasteiger partial charge in [-0.3, -0.25) is 0 Å². The summed E-state index contributed by atoms with van der Waals surface area (Å²) in [6.45, 7) is 10.8. The first-order valence-corrected chi connectivity index (χ1v) is 8.56. The lowest BCUT2D eigenvalue weighted by Gasteiger charge is -2.27. The lowest BCUT2D eigenvalue weighted by atomic mass is 9.93. The highest BCUT2D eigenvalue weighted by molar-refractivity contribution is 5.19. The Morgan fingerprint density at radius 3 is 2.82 bits per heavy atom. The molecule has 1 aromatic carbocycles. The summed E-state index contributed by atoms with van der Waals surface area (Å²) in [4.78, 5) is 5.81. The van der Waals surface area contributed by atoms with Crippen molar-refractivity contribution in [3.8, 4) is 0 Å². The van der Waals surface area contributed by atoms with Gasteiger partial charge >= 0.3 is 0 Å². The van der Waals surface area contributed by atoms with Crippen molar-refractivity contribution in [2.45, 2.75) is 45.6 Å². The van der Waals surface area contributed by atoms with Crippen LogP contribution in [0.25, 0.3) is 0 Å². The van der Waals surface area contributed by atoms with Crippen molar-refractivity contribution in [2.24, 2.45) is 11.8 Å². The molecule has 2 rings (SSSR count). The van der Waals surface area contributed by atoms with Gasteiger partial charge in [-0.1, -0.05) is 57.2 Å². The Kier molecular flexibility index (Phi) is 6.94. The van der Waals surface area contributed by atoms with Gasteiger partial charge in [-0.25, -0.2) is 0 Å². The minimum Gasteiger partial charge on any atom is -0.413 e. The molecule has 0 spiro atoms. The molecule has 1 aliphatic rings. The molecule has 0 aromatic heterocycles. The number of rotatable bonds is 8. The highest BCUT2D eigenvalue weighted by atomic mass is 16.6. The van der Waals surface area contributed by atoms with Crippen molar-refractivity contribution < 1.29 is 4.84 Å². The normalized spacial score (nSPS) is 21.1. The SMILES string of the molecule is C=C(CC1CCCNC1)ONC(c1ccccc1)C(C)CC. The molecule has 0 radical (unpaired) electrons. The van der Waals surface area contributed by atoms with Crippen LogP contribution in [0.3, 0.4) is 0 Å². The highest BCUT2D eigenvalue weighted by Gasteiger charge is 2.20. The van der Waals surface area contributed by atoms with E-state index < -0.39 is 0 Å². The second-order valence-corrected chi connectivity index (χ2v) is 6.45. The maximum Gasteiger partial charge on any atom is 0.117 e. The van der Waals surface area contributed by atoms with Crippen molar-refractivity contribution in [1.82, 2.24) is 10.8 Å². The average Bonchev–Trinajstić information content (AvgIpc) is 2.56. The minimum absolute atomic E-state index is 0.201. The summed E-state index contributed by atoms with van der Waals surface area (Å²) in [7, 11) is 0. The van der Waals surface area contributed by atoms with E-state index in [9.17, 15) is 0 Å². The van der Waals surface area contributed by atoms with E-state index in [-0.39, 0.29) is 6.04 Å². The van der Waals surface area contributed by atoms with Gasteiger partial charge in [-0.05, 0) is 43.3 Å². The average molecular weight is 302 g/mol. The van der Waals surface area contributed by atoms with Gasteiger partial charge in [0.25, 0.3) is 0 Å². The molecule has 1 saturated heterocycles. The first kappa shape index (κ1) is 17.0. The van der Waals surface area contributed by atoms with Gasteiger partial charge in [0.15, 0.2) is 0 Å². The predicted octanol–water partition coefficient (Wildman–Crippen LogP) is 4.20. The molecule has 0 aliphatic carbocycles. The summed E-state index contributed by atoms with van der Waals surface area (Å²) in [5.74, 6) is 2.01. The fraction of sp³-hybridized carbons (Fsp3) is 0.579. The summed E-state index contributed by atoms with van der Waals surface area (Å²) in [5, 5.41) is 3.44. The van der Waals surface area contributed by atoms with Crippen LogP contribution in [0.5, 0.6) is 0 Å². The van der Waals surface area contributed by atoms with Crippen LogP contribution in [0.15, 0.2) is 42.7 Å². The highest BCUT2D eigenvalue weighted by Crippen LogP contribution is 2.25. The molecule has 1 fully saturated rings. The molecular formula is C19H30N2O. The third kappa shape index (κ3) is 5.15. The molecule has 0 bridgehead atoms. The van der Waals surface area contributed by atoms with Gasteiger partial charge in [0, 0.05) is 6.42 Å². The minimum atomic E-state index is 0.201. The van der Waals surface area contributed by atoms with Crippen LogP contribution >= 0.6 is 0 Å². The number of benzene rings is 1. The molecule has 3 heteroatoms. The fourth-order valence-corrected chi connectivity index (χ4v) is 3.02. The Balaban J connectivity index is 1.86. The first-order valence-electron chi connectivity index (χ1n) is 8.56. The van der Waals surface area contributed by atoms with Crippen molar-refractivity contribution in [3.63, 3.8) is 0 Å². The third-order valence-electron chi connectivity index (χ3n) is 4.62. The quantitative estimate of drug-likeness (QED) is 0.558. The maximum absolute atomic E-state index is 5.81. The standard InChI is InChI=1S/C19H30N2O/c1-4-15(2)19(18-10-6-5-7-11-18)21-22-16(3)13-17-9-8-12-20-14-17/h5-7,10-11,15,17,19-21H,3-4,8-9,12-14H2,1-2H3. The Morgan fingerprint density at radius 1 is 1.41 bits per heavy atom. The molecule has 3 unspecified atom stereocenters. The predicted molar refractivity (Wildman–Crippen MR) is 92.2 cm³/mol. The van der Waals surface area contributed by atoms with Gasteiger partial charge in [-0.15, -0.1) is 5.48 Å². The summed E-state index contributed by atoms with van der Waals surface area (Å²) < 4.78 is 0. The number of hydrogen-bond acceptors (Lipinski definition) is 3. The van der Waals surface area contributed by atoms with Crippen LogP contribution in [0.1, 0.15) is 51.1 Å². The molecular weight excluding hydrogens is 272 g/mol. The van der Waals surface area contributed by atoms with E-state index in [0.29, 0.717) is 11.8 Å². The molecule has 1 heterocycles. The van der Waals surface area contributed by atoms with E-state index in [4.69, 9.17) is 4.84 Å². The number of nitrogens with one attached hydrogen (secondary N) is 2. The summed E-state index contributed by atoms with van der Waals surface area (Å²) in [5.41, 5.74) is 4.52. The molecule has 0 amide bonds. The van der Waals surface area contributed by atoms with Crippen LogP contribution in [0.4, 0.5) is 0 Å². The zero-order valence-corrected chi connectivity index (χ0v) is 14.0. The Labute approximate surface area is 135 Å². The number of hydroxylamine groups is 1. The van der Waals surface area contributed by atoms with E-state index in [2.05, 4.69) is 55.5 Å². The van der Waals surface area contributed by atoms with Gasteiger partial charge in [0.1, 0.15) is 5.76 Å². The topological polar surface area (TPSA) is 33.3 Å². The van der Waals surface area contributed by atoms with E-state index in [1.165, 1.54) is 18.4 Å². The lowest BCUT2D eigenvalue weighted by Crippen LogP contribution is -2.31. The van der Waals surface area contributed by atoms with Crippen LogP contribution < -0.4 is 10.8 Å². The zero-order valence-electron chi connectivity index (χ0n) is 14.0. The Hall–Kier alpha value is -1.32. The summed E-state index contributed by atoms with van der Waals surface area (Å²) in [6.07, 6.45) is 4.56. The first-order chi connectivity index (χ1) is 10.7. The van der Waals surface area contributed by atoms with E-state index >= 15 is 0 Å². The molecule has 122 valence electrons. The molecule has 3 nitrogen and oxygen atoms in total. The molecule has 1 aliphatic heterocycles. The second-order valence-electron chi connectivity index (χ2n) is 6.45. The van der Waals surface area contributed by atoms with Crippen LogP contribution in [0, 0.1) is 11.8 Å². The largest absolute Gasteiger partial charge is 0.413 e. The Morgan fingerprint density at radius 2 is 2.18 bits per heavy atom. The van der Waals surface area contributed by atoms with Crippen molar-refractivity contribution >= 4 is 0 Å². The third-order valence-corrected chi connectivity index (χ3v) is 4.62. The lowest BCUT2D eigenvalue weighted by molar-refractivity contribution is 0.0452. The fourth-order valence-electron chi connectivity index (χ4n) is 3.02. The van der Waals surface area contributed by atoms with Gasteiger partial charge in [-0.2, -0.15) is 0 Å². The van der Waals surface area contributed by atoms with Crippen molar-refractivity contribution in [1.29, 1.82) is 0 Å². The van der Waals surface area contributed by atoms with Gasteiger partial charge in [0.2, 0.25) is 0 Å². The second kappa shape index (κ2) is 8.96. The van der Waals surface area contributed by atoms with Crippen LogP contribution in [-0.2, 0) is 4.84 Å². The van der Waals surface area contributed by atoms with Gasteiger partial charge in [0.05, 0.1) is 6.04 Å². The van der Waals surface area contributed by atoms with Crippen LogP contribution in [0.2, 0.25) is 0 Å². The van der Waals surface area contributed by atoms with E-state index in [1.807, 2.05) is 6.07 Å². The van der Waals surface area contributed by atoms with Crippen molar-refractivity contribution in [2.75, 3.05) is 13.1 Å². The zero-order chi connectivity index (χ0) is 15.8. The monoisotopic (exact) mass is 302 g/mol. The molecule has 3 atom stereocenters. The number of piperidine rings is 1. The van der Waals surface area contributed by atoms with E-state index in [0.717, 1.165) is 31.7 Å². The number of allylic oxidation sites excluding steroid dienone is 1. The molecule has 0 saturated carbocycles. The maximum atomic E-state index is 5.81. The van der Waals surface area contributed by atoms with Crippen LogP contribution in [-0.4, -0.2) is 13.1 Å². The number of hydrogen-bond donors (Lipinski definition) is 2. The molecule has 2 N–H and O–H groups in total. The Bertz CT molecular complexity index is 440. The summed E-state index contributed by atoms with van der Waals surface area (Å²) >= 11 is 0. The smallest absolute Gasteiger partial charge is 0.117 e. The van der Waals surface area contributed by atoms with Crippen molar-refractivity contribution in [3.05, 3.63) is 48.2 Å². The van der Waals surface area contributed by atoms with Gasteiger partial charge < -0.3 is 10.2 Å². The summed E-state index contributed by atoms with van der Waals surface area (Å²) in [6, 6.07) is 10.7. The molecule has 22 heavy (non-hydrogen) atoms. The molecule has 1 aromatic rings.